The third kappa shape index (κ3) is 2.65. The first-order valence-electron chi connectivity index (χ1n) is 7.70. The van der Waals surface area contributed by atoms with Crippen molar-refractivity contribution in [2.75, 3.05) is 25.0 Å². The molecule has 4 heteroatoms. The van der Waals surface area contributed by atoms with Crippen LogP contribution < -0.4 is 10.2 Å². The van der Waals surface area contributed by atoms with Gasteiger partial charge in [-0.15, -0.1) is 11.3 Å². The van der Waals surface area contributed by atoms with Gasteiger partial charge in [0.1, 0.15) is 0 Å². The van der Waals surface area contributed by atoms with Gasteiger partial charge in [0.25, 0.3) is 0 Å². The number of anilines is 1. The van der Waals surface area contributed by atoms with E-state index in [0.29, 0.717) is 0 Å². The Labute approximate surface area is 120 Å². The fourth-order valence-electron chi connectivity index (χ4n) is 3.63. The quantitative estimate of drug-likeness (QED) is 0.898. The van der Waals surface area contributed by atoms with E-state index in [1.165, 1.54) is 54.5 Å². The first-order valence-corrected chi connectivity index (χ1v) is 8.51. The van der Waals surface area contributed by atoms with E-state index in [4.69, 9.17) is 4.98 Å². The summed E-state index contributed by atoms with van der Waals surface area (Å²) in [6.45, 7) is 5.71. The highest BCUT2D eigenvalue weighted by Gasteiger charge is 2.37. The molecular weight excluding hydrogens is 254 g/mol. The van der Waals surface area contributed by atoms with Crippen molar-refractivity contribution in [1.29, 1.82) is 0 Å². The Bertz CT molecular complexity index is 394. The highest BCUT2D eigenvalue weighted by Crippen LogP contribution is 2.41. The zero-order valence-corrected chi connectivity index (χ0v) is 12.9. The number of nitrogens with one attached hydrogen (secondary N) is 1. The van der Waals surface area contributed by atoms with Gasteiger partial charge in [0, 0.05) is 24.5 Å². The van der Waals surface area contributed by atoms with Crippen LogP contribution in [0.1, 0.15) is 43.2 Å². The summed E-state index contributed by atoms with van der Waals surface area (Å²) in [7, 11) is 2.02. The van der Waals surface area contributed by atoms with Crippen LogP contribution in [0.3, 0.4) is 0 Å². The highest BCUT2D eigenvalue weighted by atomic mass is 32.1. The van der Waals surface area contributed by atoms with E-state index < -0.39 is 0 Å². The van der Waals surface area contributed by atoms with Crippen molar-refractivity contribution in [2.45, 2.75) is 45.6 Å². The van der Waals surface area contributed by atoms with Crippen LogP contribution >= 0.6 is 11.3 Å². The lowest BCUT2D eigenvalue weighted by atomic mass is 10.0. The molecule has 1 saturated carbocycles. The molecule has 2 atom stereocenters. The largest absolute Gasteiger partial charge is 0.348 e. The monoisotopic (exact) mass is 279 g/mol. The molecule has 3 rings (SSSR count). The minimum atomic E-state index is 0.950. The lowest BCUT2D eigenvalue weighted by molar-refractivity contribution is 0.494. The summed E-state index contributed by atoms with van der Waals surface area (Å²) in [4.78, 5) is 8.93. The second kappa shape index (κ2) is 5.80. The minimum absolute atomic E-state index is 0.950. The zero-order chi connectivity index (χ0) is 13.2. The molecule has 1 aromatic heterocycles. The predicted octanol–water partition coefficient (Wildman–Crippen LogP) is 3.05. The molecule has 0 radical (unpaired) electrons. The molecule has 1 saturated heterocycles. The van der Waals surface area contributed by atoms with Crippen LogP contribution in [0.25, 0.3) is 0 Å². The van der Waals surface area contributed by atoms with Crippen LogP contribution in [0, 0.1) is 11.8 Å². The molecule has 1 aliphatic heterocycles. The van der Waals surface area contributed by atoms with Crippen LogP contribution in [0.5, 0.6) is 0 Å². The van der Waals surface area contributed by atoms with E-state index in [-0.39, 0.29) is 0 Å². The minimum Gasteiger partial charge on any atom is -0.348 e. The summed E-state index contributed by atoms with van der Waals surface area (Å²) in [5.74, 6) is 1.90. The lowest BCUT2D eigenvalue weighted by Gasteiger charge is -2.15. The molecule has 1 aromatic rings. The first-order chi connectivity index (χ1) is 9.31. The smallest absolute Gasteiger partial charge is 0.185 e. The van der Waals surface area contributed by atoms with Crippen LogP contribution in [0.4, 0.5) is 5.13 Å². The molecule has 0 amide bonds. The van der Waals surface area contributed by atoms with E-state index in [0.717, 1.165) is 24.8 Å². The summed E-state index contributed by atoms with van der Waals surface area (Å²) in [6.07, 6.45) is 6.64. The molecule has 2 aliphatic rings. The zero-order valence-electron chi connectivity index (χ0n) is 12.1. The Hall–Kier alpha value is -0.610. The maximum absolute atomic E-state index is 4.93. The molecule has 1 N–H and O–H groups in total. The Kier molecular flexibility index (Phi) is 4.08. The number of nitrogens with zero attached hydrogens (tertiary/aromatic N) is 2. The maximum Gasteiger partial charge on any atom is 0.185 e. The molecule has 19 heavy (non-hydrogen) atoms. The fourth-order valence-corrected chi connectivity index (χ4v) is 4.76. The molecule has 0 bridgehead atoms. The SMILES string of the molecule is CCCc1nc(N2CC3CCCC3C2)sc1CNC. The van der Waals surface area contributed by atoms with Crippen molar-refractivity contribution in [1.82, 2.24) is 10.3 Å². The van der Waals surface area contributed by atoms with Crippen LogP contribution in [0.2, 0.25) is 0 Å². The number of hydrogen-bond donors (Lipinski definition) is 1. The van der Waals surface area contributed by atoms with Gasteiger partial charge < -0.3 is 10.2 Å². The molecule has 0 aromatic carbocycles. The van der Waals surface area contributed by atoms with E-state index in [1.807, 2.05) is 18.4 Å². The Morgan fingerprint density at radius 2 is 2.05 bits per heavy atom. The van der Waals surface area contributed by atoms with Crippen molar-refractivity contribution >= 4 is 16.5 Å². The molecule has 106 valence electrons. The summed E-state index contributed by atoms with van der Waals surface area (Å²) in [5.41, 5.74) is 1.33. The number of rotatable bonds is 5. The Balaban J connectivity index is 1.75. The number of aryl methyl sites for hydroxylation is 1. The van der Waals surface area contributed by atoms with E-state index in [2.05, 4.69) is 17.1 Å². The normalized spacial score (nSPS) is 26.1. The standard InChI is InChI=1S/C15H25N3S/c1-3-5-13-14(8-16-2)19-15(17-13)18-9-11-6-4-7-12(11)10-18/h11-12,16H,3-10H2,1-2H3. The number of hydrogen-bond acceptors (Lipinski definition) is 4. The van der Waals surface area contributed by atoms with Gasteiger partial charge in [0.15, 0.2) is 5.13 Å². The molecule has 1 aliphatic carbocycles. The van der Waals surface area contributed by atoms with Crippen LogP contribution in [-0.4, -0.2) is 25.1 Å². The summed E-state index contributed by atoms with van der Waals surface area (Å²) in [5, 5.41) is 4.56. The van der Waals surface area contributed by atoms with Crippen molar-refractivity contribution in [2.24, 2.45) is 11.8 Å². The second-order valence-corrected chi connectivity index (χ2v) is 7.06. The van der Waals surface area contributed by atoms with Gasteiger partial charge in [-0.25, -0.2) is 4.98 Å². The van der Waals surface area contributed by atoms with Gasteiger partial charge in [0.05, 0.1) is 5.69 Å². The molecule has 2 fully saturated rings. The van der Waals surface area contributed by atoms with Gasteiger partial charge >= 0.3 is 0 Å². The van der Waals surface area contributed by atoms with Gasteiger partial charge in [-0.2, -0.15) is 0 Å². The number of aromatic nitrogens is 1. The summed E-state index contributed by atoms with van der Waals surface area (Å²) < 4.78 is 0. The Morgan fingerprint density at radius 1 is 1.32 bits per heavy atom. The van der Waals surface area contributed by atoms with E-state index in [1.54, 1.807) is 0 Å². The van der Waals surface area contributed by atoms with E-state index >= 15 is 0 Å². The van der Waals surface area contributed by atoms with Crippen LogP contribution in [-0.2, 0) is 13.0 Å². The average molecular weight is 279 g/mol. The summed E-state index contributed by atoms with van der Waals surface area (Å²) in [6, 6.07) is 0. The predicted molar refractivity (Wildman–Crippen MR) is 81.9 cm³/mol. The molecule has 2 heterocycles. The average Bonchev–Trinajstić information content (AvgIpc) is 3.04. The molecule has 0 spiro atoms. The third-order valence-electron chi connectivity index (χ3n) is 4.59. The topological polar surface area (TPSA) is 28.2 Å². The highest BCUT2D eigenvalue weighted by molar-refractivity contribution is 7.15. The second-order valence-electron chi connectivity index (χ2n) is 6.00. The fraction of sp³-hybridized carbons (Fsp3) is 0.800. The Morgan fingerprint density at radius 3 is 2.68 bits per heavy atom. The van der Waals surface area contributed by atoms with Crippen molar-refractivity contribution in [3.05, 3.63) is 10.6 Å². The maximum atomic E-state index is 4.93. The van der Waals surface area contributed by atoms with Gasteiger partial charge in [-0.05, 0) is 38.1 Å². The number of fused-ring (bicyclic) bond motifs is 1. The lowest BCUT2D eigenvalue weighted by Crippen LogP contribution is -2.20. The van der Waals surface area contributed by atoms with Crippen molar-refractivity contribution in [3.8, 4) is 0 Å². The van der Waals surface area contributed by atoms with E-state index in [9.17, 15) is 0 Å². The van der Waals surface area contributed by atoms with Gasteiger partial charge in [-0.3, -0.25) is 0 Å². The molecule has 2 unspecified atom stereocenters. The number of thiazole rings is 1. The van der Waals surface area contributed by atoms with Gasteiger partial charge in [0.2, 0.25) is 0 Å². The molecule has 3 nitrogen and oxygen atoms in total. The molecular formula is C15H25N3S. The van der Waals surface area contributed by atoms with Crippen molar-refractivity contribution in [3.63, 3.8) is 0 Å². The summed E-state index contributed by atoms with van der Waals surface area (Å²) >= 11 is 1.91. The van der Waals surface area contributed by atoms with Crippen LogP contribution in [0.15, 0.2) is 0 Å². The first kappa shape index (κ1) is 13.4. The van der Waals surface area contributed by atoms with Crippen molar-refractivity contribution < 1.29 is 0 Å². The third-order valence-corrected chi connectivity index (χ3v) is 5.75. The van der Waals surface area contributed by atoms with Gasteiger partial charge in [-0.1, -0.05) is 19.8 Å².